The van der Waals surface area contributed by atoms with Gasteiger partial charge in [-0.25, -0.2) is 0 Å². The van der Waals surface area contributed by atoms with Crippen LogP contribution in [0.2, 0.25) is 5.02 Å². The molecule has 0 fully saturated rings. The van der Waals surface area contributed by atoms with Gasteiger partial charge in [0.1, 0.15) is 22.6 Å². The van der Waals surface area contributed by atoms with Crippen molar-refractivity contribution in [1.29, 1.82) is 5.26 Å². The van der Waals surface area contributed by atoms with Crippen LogP contribution in [0.4, 0.5) is 13.2 Å². The highest BCUT2D eigenvalue weighted by atomic mass is 35.5. The first-order valence-corrected chi connectivity index (χ1v) is 6.89. The summed E-state index contributed by atoms with van der Waals surface area (Å²) in [6.07, 6.45) is -3.19. The van der Waals surface area contributed by atoms with Crippen LogP contribution in [-0.4, -0.2) is 4.99 Å². The molecule has 8 heteroatoms. The third-order valence-corrected chi connectivity index (χ3v) is 3.41. The van der Waals surface area contributed by atoms with Gasteiger partial charge < -0.3 is 10.2 Å². The summed E-state index contributed by atoms with van der Waals surface area (Å²) in [7, 11) is 0. The first kappa shape index (κ1) is 17.1. The van der Waals surface area contributed by atoms with Gasteiger partial charge in [0.15, 0.2) is 0 Å². The van der Waals surface area contributed by atoms with E-state index >= 15 is 0 Å². The fraction of sp³-hybridized carbons (Fsp3) is 0.0667. The second kappa shape index (κ2) is 6.44. The number of thiocarbonyl (C=S) groups is 1. The van der Waals surface area contributed by atoms with Crippen LogP contribution in [0.15, 0.2) is 40.3 Å². The average molecular weight is 357 g/mol. The Kier molecular flexibility index (Phi) is 4.78. The van der Waals surface area contributed by atoms with Crippen molar-refractivity contribution in [3.8, 4) is 17.4 Å². The third-order valence-electron chi connectivity index (χ3n) is 2.86. The van der Waals surface area contributed by atoms with Gasteiger partial charge in [0.2, 0.25) is 0 Å². The second-order valence-corrected chi connectivity index (χ2v) is 5.28. The minimum absolute atomic E-state index is 0.0241. The molecule has 0 spiro atoms. The smallest absolute Gasteiger partial charge is 0.416 e. The van der Waals surface area contributed by atoms with Crippen molar-refractivity contribution in [2.24, 2.45) is 5.73 Å². The SMILES string of the molecule is N#CC(=Cc1ccc(-c2cc(C(F)(F)F)ccc2Cl)o1)C(N)=S. The molecule has 0 amide bonds. The summed E-state index contributed by atoms with van der Waals surface area (Å²) >= 11 is 10.6. The van der Waals surface area contributed by atoms with Crippen molar-refractivity contribution in [3.63, 3.8) is 0 Å². The average Bonchev–Trinajstić information content (AvgIpc) is 2.92. The van der Waals surface area contributed by atoms with Crippen molar-refractivity contribution in [1.82, 2.24) is 0 Å². The monoisotopic (exact) mass is 356 g/mol. The van der Waals surface area contributed by atoms with E-state index < -0.39 is 11.7 Å². The summed E-state index contributed by atoms with van der Waals surface area (Å²) in [5.74, 6) is 0.352. The van der Waals surface area contributed by atoms with Crippen LogP contribution in [0, 0.1) is 11.3 Å². The predicted octanol–water partition coefficient (Wildman–Crippen LogP) is 4.81. The van der Waals surface area contributed by atoms with Gasteiger partial charge in [-0.3, -0.25) is 0 Å². The maximum atomic E-state index is 12.8. The molecule has 2 rings (SSSR count). The van der Waals surface area contributed by atoms with Gasteiger partial charge in [0, 0.05) is 11.6 Å². The maximum Gasteiger partial charge on any atom is 0.416 e. The highest BCUT2D eigenvalue weighted by molar-refractivity contribution is 7.80. The first-order valence-electron chi connectivity index (χ1n) is 6.11. The van der Waals surface area contributed by atoms with Crippen LogP contribution in [-0.2, 0) is 6.18 Å². The molecule has 0 saturated carbocycles. The first-order chi connectivity index (χ1) is 10.7. The number of nitrogens with two attached hydrogens (primary N) is 1. The predicted molar refractivity (Wildman–Crippen MR) is 84.5 cm³/mol. The Hall–Kier alpha value is -2.30. The third kappa shape index (κ3) is 3.92. The van der Waals surface area contributed by atoms with Gasteiger partial charge in [0.05, 0.1) is 16.2 Å². The lowest BCUT2D eigenvalue weighted by Gasteiger charge is -2.09. The zero-order chi connectivity index (χ0) is 17.2. The zero-order valence-electron chi connectivity index (χ0n) is 11.3. The Bertz CT molecular complexity index is 834. The quantitative estimate of drug-likeness (QED) is 0.487. The summed E-state index contributed by atoms with van der Waals surface area (Å²) in [4.78, 5) is -0.109. The minimum atomic E-state index is -4.49. The fourth-order valence-electron chi connectivity index (χ4n) is 1.77. The van der Waals surface area contributed by atoms with Crippen LogP contribution in [0.5, 0.6) is 0 Å². The van der Waals surface area contributed by atoms with Crippen molar-refractivity contribution in [3.05, 3.63) is 52.3 Å². The summed E-state index contributed by atoms with van der Waals surface area (Å²) in [6.45, 7) is 0. The van der Waals surface area contributed by atoms with E-state index in [1.807, 2.05) is 0 Å². The molecule has 0 atom stereocenters. The highest BCUT2D eigenvalue weighted by Gasteiger charge is 2.31. The second-order valence-electron chi connectivity index (χ2n) is 4.43. The standard InChI is InChI=1S/C15H8ClF3N2OS/c16-12-3-1-9(15(17,18)19)6-11(12)13-4-2-10(22-13)5-8(7-20)14(21)23/h1-6H,(H2,21,23). The zero-order valence-corrected chi connectivity index (χ0v) is 12.9. The molecule has 3 nitrogen and oxygen atoms in total. The summed E-state index contributed by atoms with van der Waals surface area (Å²) < 4.78 is 43.7. The Morgan fingerprint density at radius 2 is 2.00 bits per heavy atom. The lowest BCUT2D eigenvalue weighted by molar-refractivity contribution is -0.137. The molecule has 2 N–H and O–H groups in total. The normalized spacial score (nSPS) is 12.0. The van der Waals surface area contributed by atoms with Crippen molar-refractivity contribution in [2.45, 2.75) is 6.18 Å². The molecule has 23 heavy (non-hydrogen) atoms. The number of furan rings is 1. The lowest BCUT2D eigenvalue weighted by Crippen LogP contribution is -2.09. The Morgan fingerprint density at radius 1 is 1.30 bits per heavy atom. The molecule has 0 aliphatic rings. The van der Waals surface area contributed by atoms with Gasteiger partial charge in [-0.05, 0) is 30.3 Å². The lowest BCUT2D eigenvalue weighted by atomic mass is 10.1. The van der Waals surface area contributed by atoms with Gasteiger partial charge in [0.25, 0.3) is 0 Å². The van der Waals surface area contributed by atoms with Crippen molar-refractivity contribution < 1.29 is 17.6 Å². The summed E-state index contributed by atoms with van der Waals surface area (Å²) in [5, 5.41) is 8.99. The van der Waals surface area contributed by atoms with E-state index in [2.05, 4.69) is 0 Å². The molecular weight excluding hydrogens is 349 g/mol. The molecule has 0 aliphatic carbocycles. The molecule has 1 heterocycles. The fourth-order valence-corrected chi connectivity index (χ4v) is 2.08. The molecule has 0 radical (unpaired) electrons. The number of hydrogen-bond acceptors (Lipinski definition) is 3. The van der Waals surface area contributed by atoms with Crippen molar-refractivity contribution >= 4 is 34.9 Å². The molecular formula is C15H8ClF3N2OS. The van der Waals surface area contributed by atoms with Crippen molar-refractivity contribution in [2.75, 3.05) is 0 Å². The number of alkyl halides is 3. The molecule has 0 saturated heterocycles. The number of nitrogens with zero attached hydrogens (tertiary/aromatic N) is 1. The van der Waals surface area contributed by atoms with Crippen LogP contribution in [0.25, 0.3) is 17.4 Å². The number of rotatable bonds is 3. The molecule has 2 aromatic rings. The summed E-state index contributed by atoms with van der Waals surface area (Å²) in [5.41, 5.74) is 4.63. The van der Waals surface area contributed by atoms with E-state index in [1.54, 1.807) is 6.07 Å². The van der Waals surface area contributed by atoms with E-state index in [0.717, 1.165) is 18.2 Å². The van der Waals surface area contributed by atoms with Crippen LogP contribution < -0.4 is 5.73 Å². The van der Waals surface area contributed by atoms with Gasteiger partial charge >= 0.3 is 6.18 Å². The Labute approximate surface area is 139 Å². The van der Waals surface area contributed by atoms with Gasteiger partial charge in [-0.1, -0.05) is 23.8 Å². The van der Waals surface area contributed by atoms with E-state index in [1.165, 1.54) is 18.2 Å². The Morgan fingerprint density at radius 3 is 2.57 bits per heavy atom. The molecule has 0 unspecified atom stereocenters. The molecule has 1 aromatic carbocycles. The largest absolute Gasteiger partial charge is 0.457 e. The number of benzene rings is 1. The van der Waals surface area contributed by atoms with Crippen LogP contribution in [0.3, 0.4) is 0 Å². The summed E-state index contributed by atoms with van der Waals surface area (Å²) in [6, 6.07) is 7.65. The van der Waals surface area contributed by atoms with Crippen LogP contribution >= 0.6 is 23.8 Å². The molecule has 0 bridgehead atoms. The van der Waals surface area contributed by atoms with E-state index in [9.17, 15) is 13.2 Å². The molecule has 118 valence electrons. The molecule has 1 aromatic heterocycles. The van der Waals surface area contributed by atoms with Crippen LogP contribution in [0.1, 0.15) is 11.3 Å². The van der Waals surface area contributed by atoms with E-state index in [4.69, 9.17) is 39.2 Å². The minimum Gasteiger partial charge on any atom is -0.457 e. The van der Waals surface area contributed by atoms with E-state index in [0.29, 0.717) is 0 Å². The number of nitriles is 1. The number of halogens is 4. The highest BCUT2D eigenvalue weighted by Crippen LogP contribution is 2.36. The number of hydrogen-bond donors (Lipinski definition) is 1. The van der Waals surface area contributed by atoms with E-state index in [-0.39, 0.29) is 32.7 Å². The molecule has 0 aliphatic heterocycles. The van der Waals surface area contributed by atoms with Gasteiger partial charge in [-0.15, -0.1) is 0 Å². The Balaban J connectivity index is 2.46. The maximum absolute atomic E-state index is 12.8. The topological polar surface area (TPSA) is 63.0 Å². The van der Waals surface area contributed by atoms with Gasteiger partial charge in [-0.2, -0.15) is 18.4 Å².